The van der Waals surface area contributed by atoms with Gasteiger partial charge in [0.15, 0.2) is 23.0 Å². The van der Waals surface area contributed by atoms with Crippen molar-refractivity contribution in [2.45, 2.75) is 0 Å². The Hall–Kier alpha value is -3.68. The lowest BCUT2D eigenvalue weighted by atomic mass is 10.1. The van der Waals surface area contributed by atoms with Crippen molar-refractivity contribution in [3.63, 3.8) is 0 Å². The van der Waals surface area contributed by atoms with Crippen LogP contribution in [-0.4, -0.2) is 38.1 Å². The van der Waals surface area contributed by atoms with Crippen molar-refractivity contribution < 1.29 is 23.7 Å². The number of methoxy groups -OCH3 is 3. The third kappa shape index (κ3) is 3.32. The van der Waals surface area contributed by atoms with Gasteiger partial charge >= 0.3 is 0 Å². The third-order valence-corrected chi connectivity index (χ3v) is 4.27. The molecule has 4 rings (SSSR count). The van der Waals surface area contributed by atoms with Gasteiger partial charge in [-0.05, 0) is 18.2 Å². The molecule has 0 aliphatic carbocycles. The number of hydrogen-bond acceptors (Lipinski definition) is 8. The van der Waals surface area contributed by atoms with E-state index in [0.717, 1.165) is 22.7 Å². The molecule has 1 aromatic heterocycles. The molecule has 0 saturated heterocycles. The number of anilines is 2. The van der Waals surface area contributed by atoms with E-state index < -0.39 is 0 Å². The summed E-state index contributed by atoms with van der Waals surface area (Å²) in [6.45, 7) is 0.233. The van der Waals surface area contributed by atoms with E-state index in [2.05, 4.69) is 15.3 Å². The summed E-state index contributed by atoms with van der Waals surface area (Å²) in [5.41, 5.74) is 2.40. The van der Waals surface area contributed by atoms with Gasteiger partial charge in [-0.2, -0.15) is 0 Å². The minimum atomic E-state index is 0.233. The number of aromatic nitrogens is 2. The van der Waals surface area contributed by atoms with Crippen LogP contribution in [0.4, 0.5) is 11.5 Å². The maximum Gasteiger partial charge on any atom is 0.231 e. The molecular formula is C20H19N3O5. The van der Waals surface area contributed by atoms with Crippen LogP contribution < -0.4 is 29.0 Å². The summed E-state index contributed by atoms with van der Waals surface area (Å²) in [4.78, 5) is 8.65. The molecule has 2 heterocycles. The van der Waals surface area contributed by atoms with Crippen molar-refractivity contribution in [1.29, 1.82) is 0 Å². The second-order valence-electron chi connectivity index (χ2n) is 5.90. The average molecular weight is 381 g/mol. The Balaban J connectivity index is 1.64. The Bertz CT molecular complexity index is 984. The Morgan fingerprint density at radius 2 is 1.61 bits per heavy atom. The number of fused-ring (bicyclic) bond motifs is 1. The number of benzene rings is 2. The van der Waals surface area contributed by atoms with E-state index in [0.29, 0.717) is 28.8 Å². The van der Waals surface area contributed by atoms with Crippen molar-refractivity contribution in [2.24, 2.45) is 0 Å². The van der Waals surface area contributed by atoms with Crippen LogP contribution in [0, 0.1) is 0 Å². The van der Waals surface area contributed by atoms with Gasteiger partial charge in [0.1, 0.15) is 12.1 Å². The first-order valence-corrected chi connectivity index (χ1v) is 8.51. The molecule has 144 valence electrons. The Kier molecular flexibility index (Phi) is 4.76. The first kappa shape index (κ1) is 17.7. The highest BCUT2D eigenvalue weighted by molar-refractivity contribution is 5.70. The smallest absolute Gasteiger partial charge is 0.231 e. The quantitative estimate of drug-likeness (QED) is 0.693. The highest BCUT2D eigenvalue weighted by Crippen LogP contribution is 2.41. The topological polar surface area (TPSA) is 84.0 Å². The zero-order chi connectivity index (χ0) is 19.5. The van der Waals surface area contributed by atoms with E-state index in [-0.39, 0.29) is 6.79 Å². The van der Waals surface area contributed by atoms with Crippen LogP contribution in [0.2, 0.25) is 0 Å². The van der Waals surface area contributed by atoms with E-state index in [4.69, 9.17) is 23.7 Å². The molecule has 0 fully saturated rings. The van der Waals surface area contributed by atoms with Gasteiger partial charge in [0.05, 0.1) is 27.0 Å². The highest BCUT2D eigenvalue weighted by atomic mass is 16.7. The molecular weight excluding hydrogens is 362 g/mol. The summed E-state index contributed by atoms with van der Waals surface area (Å²) < 4.78 is 26.9. The molecule has 3 aromatic rings. The number of rotatable bonds is 6. The molecule has 8 nitrogen and oxygen atoms in total. The van der Waals surface area contributed by atoms with Gasteiger partial charge in [-0.3, -0.25) is 0 Å². The van der Waals surface area contributed by atoms with Gasteiger partial charge in [-0.1, -0.05) is 0 Å². The third-order valence-electron chi connectivity index (χ3n) is 4.27. The van der Waals surface area contributed by atoms with E-state index in [1.54, 1.807) is 21.3 Å². The maximum absolute atomic E-state index is 5.44. The van der Waals surface area contributed by atoms with E-state index in [1.165, 1.54) is 6.33 Å². The second kappa shape index (κ2) is 7.51. The molecule has 8 heteroatoms. The van der Waals surface area contributed by atoms with Crippen molar-refractivity contribution in [3.8, 4) is 40.0 Å². The summed E-state index contributed by atoms with van der Waals surface area (Å²) in [6.07, 6.45) is 1.50. The number of hydrogen-bond donors (Lipinski definition) is 1. The molecule has 0 spiro atoms. The van der Waals surface area contributed by atoms with Crippen LogP contribution in [0.5, 0.6) is 28.7 Å². The molecule has 1 aliphatic rings. The van der Waals surface area contributed by atoms with Gasteiger partial charge in [0.2, 0.25) is 12.5 Å². The van der Waals surface area contributed by atoms with Crippen molar-refractivity contribution in [2.75, 3.05) is 33.4 Å². The fraction of sp³-hybridized carbons (Fsp3) is 0.200. The van der Waals surface area contributed by atoms with Crippen LogP contribution in [0.25, 0.3) is 11.3 Å². The van der Waals surface area contributed by atoms with Crippen molar-refractivity contribution in [1.82, 2.24) is 9.97 Å². The molecule has 0 saturated carbocycles. The standard InChI is InChI=1S/C20H19N3O5/c1-24-17-7-13(8-18(25-2)20(17)26-3)23-19-9-14(21-10-22-19)12-4-5-15-16(6-12)28-11-27-15/h4-10H,11H2,1-3H3,(H,21,22,23). The molecule has 1 aliphatic heterocycles. The molecule has 0 bridgehead atoms. The molecule has 0 atom stereocenters. The fourth-order valence-electron chi connectivity index (χ4n) is 2.94. The minimum Gasteiger partial charge on any atom is -0.493 e. The maximum atomic E-state index is 5.44. The minimum absolute atomic E-state index is 0.233. The summed E-state index contributed by atoms with van der Waals surface area (Å²) in [5.74, 6) is 3.68. The highest BCUT2D eigenvalue weighted by Gasteiger charge is 2.16. The Labute approximate surface area is 162 Å². The number of nitrogens with zero attached hydrogens (tertiary/aromatic N) is 2. The van der Waals surface area contributed by atoms with E-state index in [9.17, 15) is 0 Å². The molecule has 2 aromatic carbocycles. The molecule has 0 radical (unpaired) electrons. The lowest BCUT2D eigenvalue weighted by molar-refractivity contribution is 0.174. The van der Waals surface area contributed by atoms with Gasteiger partial charge in [0, 0.05) is 29.4 Å². The normalized spacial score (nSPS) is 11.8. The fourth-order valence-corrected chi connectivity index (χ4v) is 2.94. The van der Waals surface area contributed by atoms with Crippen molar-refractivity contribution >= 4 is 11.5 Å². The summed E-state index contributed by atoms with van der Waals surface area (Å²) in [5, 5.41) is 3.24. The largest absolute Gasteiger partial charge is 0.493 e. The van der Waals surface area contributed by atoms with Gasteiger partial charge < -0.3 is 29.0 Å². The number of nitrogens with one attached hydrogen (secondary N) is 1. The summed E-state index contributed by atoms with van der Waals surface area (Å²) in [6, 6.07) is 11.2. The average Bonchev–Trinajstić information content (AvgIpc) is 3.21. The molecule has 0 amide bonds. The number of ether oxygens (including phenoxy) is 5. The molecule has 28 heavy (non-hydrogen) atoms. The zero-order valence-corrected chi connectivity index (χ0v) is 15.7. The predicted molar refractivity (Wildman–Crippen MR) is 103 cm³/mol. The Morgan fingerprint density at radius 1 is 0.857 bits per heavy atom. The van der Waals surface area contributed by atoms with Crippen LogP contribution >= 0.6 is 0 Å². The van der Waals surface area contributed by atoms with Gasteiger partial charge in [0.25, 0.3) is 0 Å². The first-order valence-electron chi connectivity index (χ1n) is 8.51. The summed E-state index contributed by atoms with van der Waals surface area (Å²) in [7, 11) is 4.71. The lowest BCUT2D eigenvalue weighted by Crippen LogP contribution is -1.99. The lowest BCUT2D eigenvalue weighted by Gasteiger charge is -2.15. The summed E-state index contributed by atoms with van der Waals surface area (Å²) >= 11 is 0. The van der Waals surface area contributed by atoms with Gasteiger partial charge in [-0.15, -0.1) is 0 Å². The zero-order valence-electron chi connectivity index (χ0n) is 15.7. The predicted octanol–water partition coefficient (Wildman–Crippen LogP) is 3.64. The van der Waals surface area contributed by atoms with Crippen LogP contribution in [0.15, 0.2) is 42.7 Å². The SMILES string of the molecule is COc1cc(Nc2cc(-c3ccc4c(c3)OCO4)ncn2)cc(OC)c1OC. The van der Waals surface area contributed by atoms with E-state index in [1.807, 2.05) is 36.4 Å². The van der Waals surface area contributed by atoms with Crippen LogP contribution in [-0.2, 0) is 0 Å². The van der Waals surface area contributed by atoms with Crippen LogP contribution in [0.1, 0.15) is 0 Å². The molecule has 1 N–H and O–H groups in total. The Morgan fingerprint density at radius 3 is 2.32 bits per heavy atom. The second-order valence-corrected chi connectivity index (χ2v) is 5.90. The van der Waals surface area contributed by atoms with Crippen LogP contribution in [0.3, 0.4) is 0 Å². The first-order chi connectivity index (χ1) is 13.7. The monoisotopic (exact) mass is 381 g/mol. The van der Waals surface area contributed by atoms with E-state index >= 15 is 0 Å². The van der Waals surface area contributed by atoms with Crippen molar-refractivity contribution in [3.05, 3.63) is 42.7 Å². The molecule has 0 unspecified atom stereocenters. The van der Waals surface area contributed by atoms with Gasteiger partial charge in [-0.25, -0.2) is 9.97 Å².